The third-order valence-corrected chi connectivity index (χ3v) is 4.49. The second-order valence-electron chi connectivity index (χ2n) is 6.95. The molecule has 0 amide bonds. The Labute approximate surface area is 155 Å². The Morgan fingerprint density at radius 2 is 1.81 bits per heavy atom. The molecule has 0 aliphatic carbocycles. The highest BCUT2D eigenvalue weighted by Gasteiger charge is 2.19. The predicted octanol–water partition coefficient (Wildman–Crippen LogP) is 4.86. The molecule has 0 saturated carbocycles. The number of hydrogen-bond donors (Lipinski definition) is 1. The minimum Gasteiger partial charge on any atom is -0.504 e. The fourth-order valence-electron chi connectivity index (χ4n) is 3.13. The van der Waals surface area contributed by atoms with E-state index in [0.29, 0.717) is 23.2 Å². The van der Waals surface area contributed by atoms with Crippen molar-refractivity contribution in [3.63, 3.8) is 0 Å². The fraction of sp³-hybridized carbons (Fsp3) is 0.571. The summed E-state index contributed by atoms with van der Waals surface area (Å²) in [4.78, 5) is 12.9. The lowest BCUT2D eigenvalue weighted by molar-refractivity contribution is 0.227. The maximum atomic E-state index is 12.9. The number of pyridine rings is 1. The summed E-state index contributed by atoms with van der Waals surface area (Å²) in [5.41, 5.74) is 0.391. The predicted molar refractivity (Wildman–Crippen MR) is 106 cm³/mol. The zero-order chi connectivity index (χ0) is 19.1. The summed E-state index contributed by atoms with van der Waals surface area (Å²) in [6.07, 6.45) is 6.70. The van der Waals surface area contributed by atoms with Crippen molar-refractivity contribution in [2.45, 2.75) is 71.9 Å². The number of benzene rings is 1. The largest absolute Gasteiger partial charge is 0.504 e. The van der Waals surface area contributed by atoms with E-state index in [1.807, 2.05) is 13.8 Å². The van der Waals surface area contributed by atoms with Gasteiger partial charge in [0.2, 0.25) is 5.75 Å². The van der Waals surface area contributed by atoms with Crippen LogP contribution in [-0.4, -0.2) is 22.9 Å². The number of aryl methyl sites for hydroxylation is 1. The molecule has 0 spiro atoms. The molecule has 2 rings (SSSR count). The summed E-state index contributed by atoms with van der Waals surface area (Å²) in [6, 6.07) is 5.35. The van der Waals surface area contributed by atoms with Crippen LogP contribution in [0, 0.1) is 0 Å². The molecule has 0 fully saturated rings. The van der Waals surface area contributed by atoms with Crippen LogP contribution in [0.4, 0.5) is 0 Å². The van der Waals surface area contributed by atoms with Gasteiger partial charge in [0.05, 0.1) is 18.7 Å². The number of hydrogen-bond acceptors (Lipinski definition) is 4. The first-order valence-electron chi connectivity index (χ1n) is 9.59. The molecular weight excluding hydrogens is 330 g/mol. The molecule has 1 aromatic heterocycles. The van der Waals surface area contributed by atoms with Gasteiger partial charge in [0.25, 0.3) is 5.56 Å². The lowest BCUT2D eigenvalue weighted by atomic mass is 10.1. The number of aromatic hydroxyl groups is 1. The first-order valence-corrected chi connectivity index (χ1v) is 9.59. The zero-order valence-electron chi connectivity index (χ0n) is 16.4. The summed E-state index contributed by atoms with van der Waals surface area (Å²) in [6.45, 7) is 6.49. The zero-order valence-corrected chi connectivity index (χ0v) is 16.4. The Kier molecular flexibility index (Phi) is 7.37. The van der Waals surface area contributed by atoms with Crippen molar-refractivity contribution in [1.82, 2.24) is 4.57 Å². The van der Waals surface area contributed by atoms with Gasteiger partial charge in [-0.05, 0) is 32.4 Å². The molecule has 0 aliphatic rings. The Balaban J connectivity index is 2.38. The molecule has 1 heterocycles. The number of nitrogens with zero attached hydrogens (tertiary/aromatic N) is 1. The second-order valence-corrected chi connectivity index (χ2v) is 6.95. The first-order chi connectivity index (χ1) is 12.5. The van der Waals surface area contributed by atoms with Gasteiger partial charge in [0.15, 0.2) is 5.75 Å². The van der Waals surface area contributed by atoms with Gasteiger partial charge in [0.1, 0.15) is 5.75 Å². The Bertz CT molecular complexity index is 780. The number of rotatable bonds is 10. The van der Waals surface area contributed by atoms with Crippen molar-refractivity contribution in [2.75, 3.05) is 7.11 Å². The van der Waals surface area contributed by atoms with Gasteiger partial charge in [-0.1, -0.05) is 39.0 Å². The van der Waals surface area contributed by atoms with Crippen LogP contribution in [0.5, 0.6) is 17.2 Å². The van der Waals surface area contributed by atoms with Crippen LogP contribution >= 0.6 is 0 Å². The van der Waals surface area contributed by atoms with Crippen molar-refractivity contribution in [3.8, 4) is 17.2 Å². The van der Waals surface area contributed by atoms with Gasteiger partial charge in [-0.2, -0.15) is 0 Å². The highest BCUT2D eigenvalue weighted by molar-refractivity contribution is 5.88. The molecule has 144 valence electrons. The standard InChI is InChI=1S/C21H31NO4/c1-5-6-7-8-9-10-13-22-18-14-16(25-4)11-12-17(18)19(23)20(21(22)24)26-15(2)3/h11-12,14-15,23H,5-10,13H2,1-4H3. The van der Waals surface area contributed by atoms with Crippen LogP contribution in [0.15, 0.2) is 23.0 Å². The second kappa shape index (κ2) is 9.51. The topological polar surface area (TPSA) is 60.7 Å². The van der Waals surface area contributed by atoms with Gasteiger partial charge in [-0.3, -0.25) is 4.79 Å². The smallest absolute Gasteiger partial charge is 0.297 e. The molecule has 2 aromatic rings. The molecule has 0 unspecified atom stereocenters. The molecule has 0 bridgehead atoms. The van der Waals surface area contributed by atoms with E-state index >= 15 is 0 Å². The van der Waals surface area contributed by atoms with Crippen LogP contribution in [-0.2, 0) is 6.54 Å². The monoisotopic (exact) mass is 361 g/mol. The van der Waals surface area contributed by atoms with E-state index in [1.54, 1.807) is 29.9 Å². The van der Waals surface area contributed by atoms with Gasteiger partial charge < -0.3 is 19.1 Å². The number of methoxy groups -OCH3 is 1. The van der Waals surface area contributed by atoms with E-state index in [1.165, 1.54) is 25.7 Å². The number of unbranched alkanes of at least 4 members (excludes halogenated alkanes) is 5. The molecule has 5 heteroatoms. The number of ether oxygens (including phenoxy) is 2. The summed E-state index contributed by atoms with van der Waals surface area (Å²) in [5, 5.41) is 11.2. The summed E-state index contributed by atoms with van der Waals surface area (Å²) >= 11 is 0. The van der Waals surface area contributed by atoms with Crippen LogP contribution < -0.4 is 15.0 Å². The maximum absolute atomic E-state index is 12.9. The Morgan fingerprint density at radius 3 is 2.46 bits per heavy atom. The van der Waals surface area contributed by atoms with E-state index in [0.717, 1.165) is 12.8 Å². The molecule has 0 atom stereocenters. The highest BCUT2D eigenvalue weighted by Crippen LogP contribution is 2.34. The van der Waals surface area contributed by atoms with Crippen molar-refractivity contribution >= 4 is 10.9 Å². The normalized spacial score (nSPS) is 11.3. The number of aromatic nitrogens is 1. The van der Waals surface area contributed by atoms with Gasteiger partial charge in [0, 0.05) is 18.0 Å². The lowest BCUT2D eigenvalue weighted by Gasteiger charge is -2.17. The summed E-state index contributed by atoms with van der Waals surface area (Å²) < 4.78 is 12.6. The van der Waals surface area contributed by atoms with Crippen molar-refractivity contribution < 1.29 is 14.6 Å². The molecule has 26 heavy (non-hydrogen) atoms. The Morgan fingerprint density at radius 1 is 1.12 bits per heavy atom. The molecule has 5 nitrogen and oxygen atoms in total. The highest BCUT2D eigenvalue weighted by atomic mass is 16.5. The van der Waals surface area contributed by atoms with E-state index in [9.17, 15) is 9.90 Å². The Hall–Kier alpha value is -2.17. The lowest BCUT2D eigenvalue weighted by Crippen LogP contribution is -2.24. The van der Waals surface area contributed by atoms with Crippen LogP contribution in [0.2, 0.25) is 0 Å². The van der Waals surface area contributed by atoms with Crippen molar-refractivity contribution in [3.05, 3.63) is 28.6 Å². The van der Waals surface area contributed by atoms with E-state index in [2.05, 4.69) is 6.92 Å². The van der Waals surface area contributed by atoms with Crippen LogP contribution in [0.25, 0.3) is 10.9 Å². The number of fused-ring (bicyclic) bond motifs is 1. The molecule has 1 aromatic carbocycles. The third kappa shape index (κ3) is 4.71. The first kappa shape index (κ1) is 20.1. The fourth-order valence-corrected chi connectivity index (χ4v) is 3.13. The molecule has 0 saturated heterocycles. The van der Waals surface area contributed by atoms with Gasteiger partial charge in [-0.15, -0.1) is 0 Å². The summed E-state index contributed by atoms with van der Waals surface area (Å²) in [7, 11) is 1.59. The van der Waals surface area contributed by atoms with Crippen LogP contribution in [0.1, 0.15) is 59.3 Å². The summed E-state index contributed by atoms with van der Waals surface area (Å²) in [5.74, 6) is 0.592. The minimum atomic E-state index is -0.287. The van der Waals surface area contributed by atoms with Crippen LogP contribution in [0.3, 0.4) is 0 Å². The van der Waals surface area contributed by atoms with Gasteiger partial charge >= 0.3 is 0 Å². The quantitative estimate of drug-likeness (QED) is 0.614. The molecule has 0 aliphatic heterocycles. The van der Waals surface area contributed by atoms with E-state index < -0.39 is 0 Å². The minimum absolute atomic E-state index is 0.0312. The average Bonchev–Trinajstić information content (AvgIpc) is 2.63. The third-order valence-electron chi connectivity index (χ3n) is 4.49. The molecule has 1 N–H and O–H groups in total. The SMILES string of the molecule is CCCCCCCCn1c(=O)c(OC(C)C)c(O)c2ccc(OC)cc21. The average molecular weight is 361 g/mol. The van der Waals surface area contributed by atoms with Gasteiger partial charge in [-0.25, -0.2) is 0 Å². The van der Waals surface area contributed by atoms with E-state index in [4.69, 9.17) is 9.47 Å². The molecular formula is C21H31NO4. The van der Waals surface area contributed by atoms with Crippen molar-refractivity contribution in [1.29, 1.82) is 0 Å². The maximum Gasteiger partial charge on any atom is 0.297 e. The molecule has 0 radical (unpaired) electrons. The van der Waals surface area contributed by atoms with E-state index in [-0.39, 0.29) is 23.2 Å². The van der Waals surface area contributed by atoms with Crippen molar-refractivity contribution in [2.24, 2.45) is 0 Å².